The molecule has 3 aromatic carbocycles. The highest BCUT2D eigenvalue weighted by atomic mass is 16.5. The van der Waals surface area contributed by atoms with Crippen molar-refractivity contribution in [3.8, 4) is 5.75 Å². The van der Waals surface area contributed by atoms with Crippen LogP contribution in [0.2, 0.25) is 0 Å². The number of anilines is 2. The number of nitrogens with zero attached hydrogens (tertiary/aromatic N) is 1. The van der Waals surface area contributed by atoms with Gasteiger partial charge in [0.15, 0.2) is 5.54 Å². The van der Waals surface area contributed by atoms with Gasteiger partial charge in [-0.1, -0.05) is 54.6 Å². The first-order valence-electron chi connectivity index (χ1n) is 10.1. The number of carbonyl (C=O) groups excluding carboxylic acids is 2. The van der Waals surface area contributed by atoms with Gasteiger partial charge >= 0.3 is 0 Å². The maximum absolute atomic E-state index is 13.6. The number of rotatable bonds is 6. The smallest absolute Gasteiger partial charge is 0.255 e. The van der Waals surface area contributed by atoms with Crippen molar-refractivity contribution in [2.75, 3.05) is 17.3 Å². The lowest BCUT2D eigenvalue weighted by molar-refractivity contribution is -0.134. The predicted molar refractivity (Wildman–Crippen MR) is 123 cm³/mol. The number of hydrogen-bond donors (Lipinski definition) is 1. The molecule has 1 atom stereocenters. The number of amides is 2. The van der Waals surface area contributed by atoms with E-state index in [0.29, 0.717) is 11.4 Å². The van der Waals surface area contributed by atoms with Gasteiger partial charge in [0.25, 0.3) is 5.91 Å². The molecule has 0 radical (unpaired) electrons. The van der Waals surface area contributed by atoms with Crippen LogP contribution in [0, 0.1) is 6.92 Å². The Bertz CT molecular complexity index is 1120. The number of carbonyl (C=O) groups is 2. The van der Waals surface area contributed by atoms with E-state index >= 15 is 0 Å². The van der Waals surface area contributed by atoms with Gasteiger partial charge in [0.2, 0.25) is 5.91 Å². The fourth-order valence-corrected chi connectivity index (χ4v) is 3.76. The minimum Gasteiger partial charge on any atom is -0.497 e. The summed E-state index contributed by atoms with van der Waals surface area (Å²) < 4.78 is 5.23. The highest BCUT2D eigenvalue weighted by molar-refractivity contribution is 6.18. The Morgan fingerprint density at radius 1 is 1.00 bits per heavy atom. The number of hydrogen-bond acceptors (Lipinski definition) is 3. The summed E-state index contributed by atoms with van der Waals surface area (Å²) in [6, 6.07) is 24.5. The van der Waals surface area contributed by atoms with Crippen LogP contribution in [0.25, 0.3) is 6.08 Å². The van der Waals surface area contributed by atoms with Gasteiger partial charge < -0.3 is 10.1 Å². The van der Waals surface area contributed by atoms with Crippen molar-refractivity contribution in [3.05, 3.63) is 96.1 Å². The fourth-order valence-electron chi connectivity index (χ4n) is 3.76. The van der Waals surface area contributed by atoms with Crippen molar-refractivity contribution in [2.24, 2.45) is 0 Å². The van der Waals surface area contributed by atoms with Gasteiger partial charge in [-0.15, -0.1) is 0 Å². The third-order valence-electron chi connectivity index (χ3n) is 5.54. The summed E-state index contributed by atoms with van der Waals surface area (Å²) in [7, 11) is 1.59. The Labute approximate surface area is 182 Å². The van der Waals surface area contributed by atoms with Crippen LogP contribution in [0.1, 0.15) is 17.5 Å². The molecular weight excluding hydrogens is 388 g/mol. The lowest BCUT2D eigenvalue weighted by atomic mass is 9.81. The van der Waals surface area contributed by atoms with Gasteiger partial charge in [-0.25, -0.2) is 0 Å². The summed E-state index contributed by atoms with van der Waals surface area (Å²) in [5.74, 6) is 0.332. The minimum atomic E-state index is -1.12. The van der Waals surface area contributed by atoms with E-state index in [1.165, 1.54) is 0 Å². The number of ether oxygens (including phenoxy) is 1. The quantitative estimate of drug-likeness (QED) is 0.590. The lowest BCUT2D eigenvalue weighted by Crippen LogP contribution is -2.68. The Kier molecular flexibility index (Phi) is 5.58. The normalized spacial score (nSPS) is 18.0. The molecule has 5 heteroatoms. The van der Waals surface area contributed by atoms with Gasteiger partial charge in [-0.05, 0) is 54.5 Å². The number of para-hydroxylation sites is 1. The van der Waals surface area contributed by atoms with Gasteiger partial charge in [0.1, 0.15) is 5.75 Å². The first kappa shape index (κ1) is 20.4. The summed E-state index contributed by atoms with van der Waals surface area (Å²) >= 11 is 0. The highest BCUT2D eigenvalue weighted by Gasteiger charge is 2.55. The van der Waals surface area contributed by atoms with Crippen LogP contribution in [-0.4, -0.2) is 24.5 Å². The summed E-state index contributed by atoms with van der Waals surface area (Å²) in [6.07, 6.45) is 3.81. The van der Waals surface area contributed by atoms with Crippen molar-refractivity contribution in [3.63, 3.8) is 0 Å². The highest BCUT2D eigenvalue weighted by Crippen LogP contribution is 2.40. The molecule has 0 unspecified atom stereocenters. The van der Waals surface area contributed by atoms with Crippen molar-refractivity contribution >= 4 is 29.3 Å². The number of nitrogens with one attached hydrogen (secondary N) is 1. The molecule has 1 heterocycles. The molecule has 1 aliphatic rings. The molecule has 1 saturated heterocycles. The molecule has 1 aliphatic heterocycles. The van der Waals surface area contributed by atoms with Crippen LogP contribution in [0.4, 0.5) is 11.4 Å². The third kappa shape index (κ3) is 3.94. The molecule has 1 fully saturated rings. The van der Waals surface area contributed by atoms with E-state index < -0.39 is 5.54 Å². The van der Waals surface area contributed by atoms with Crippen molar-refractivity contribution in [2.45, 2.75) is 18.9 Å². The third-order valence-corrected chi connectivity index (χ3v) is 5.54. The maximum Gasteiger partial charge on any atom is 0.255 e. The van der Waals surface area contributed by atoms with E-state index in [-0.39, 0.29) is 18.2 Å². The standard InChI is InChI=1S/C26H24N2O3/c1-19-8-6-7-11-23(19)27-25(30)26(17-16-20-9-4-3-5-10-20)18-24(29)28(26)21-12-14-22(31-2)15-13-21/h3-17H,18H2,1-2H3,(H,27,30)/t26-/m1/s1. The van der Waals surface area contributed by atoms with Crippen molar-refractivity contribution in [1.29, 1.82) is 0 Å². The van der Waals surface area contributed by atoms with Gasteiger partial charge in [0, 0.05) is 11.4 Å². The maximum atomic E-state index is 13.6. The molecule has 1 N–H and O–H groups in total. The van der Waals surface area contributed by atoms with Gasteiger partial charge in [0.05, 0.1) is 13.5 Å². The average Bonchev–Trinajstić information content (AvgIpc) is 2.79. The second-order valence-corrected chi connectivity index (χ2v) is 7.54. The Balaban J connectivity index is 1.73. The number of methoxy groups -OCH3 is 1. The molecule has 156 valence electrons. The van der Waals surface area contributed by atoms with E-state index in [0.717, 1.165) is 16.8 Å². The summed E-state index contributed by atoms with van der Waals surface area (Å²) in [6.45, 7) is 1.94. The molecular formula is C26H24N2O3. The molecule has 5 nitrogen and oxygen atoms in total. The average molecular weight is 412 g/mol. The SMILES string of the molecule is COc1ccc(N2C(=O)C[C@]2(C=Cc2ccccc2)C(=O)Nc2ccccc2C)cc1. The van der Waals surface area contributed by atoms with Gasteiger partial charge in [-0.2, -0.15) is 0 Å². The molecule has 2 amide bonds. The zero-order valence-electron chi connectivity index (χ0n) is 17.5. The lowest BCUT2D eigenvalue weighted by Gasteiger charge is -2.48. The van der Waals surface area contributed by atoms with Crippen LogP contribution in [0.3, 0.4) is 0 Å². The molecule has 31 heavy (non-hydrogen) atoms. The molecule has 0 spiro atoms. The zero-order valence-corrected chi connectivity index (χ0v) is 17.5. The second kappa shape index (κ2) is 8.48. The monoisotopic (exact) mass is 412 g/mol. The van der Waals surface area contributed by atoms with Crippen LogP contribution in [-0.2, 0) is 9.59 Å². The van der Waals surface area contributed by atoms with E-state index in [1.807, 2.05) is 73.7 Å². The predicted octanol–water partition coefficient (Wildman–Crippen LogP) is 4.83. The first-order chi connectivity index (χ1) is 15.0. The molecule has 0 aliphatic carbocycles. The first-order valence-corrected chi connectivity index (χ1v) is 10.1. The molecule has 0 aromatic heterocycles. The van der Waals surface area contributed by atoms with Gasteiger partial charge in [-0.3, -0.25) is 14.5 Å². The number of β-lactam (4-membered cyclic amide) rings is 1. The molecule has 0 bridgehead atoms. The van der Waals surface area contributed by atoms with E-state index in [4.69, 9.17) is 4.74 Å². The summed E-state index contributed by atoms with van der Waals surface area (Å²) in [5, 5.41) is 3.02. The largest absolute Gasteiger partial charge is 0.497 e. The number of benzene rings is 3. The number of aryl methyl sites for hydroxylation is 1. The fraction of sp³-hybridized carbons (Fsp3) is 0.154. The van der Waals surface area contributed by atoms with Crippen LogP contribution >= 0.6 is 0 Å². The van der Waals surface area contributed by atoms with E-state index in [1.54, 1.807) is 36.3 Å². The molecule has 3 aromatic rings. The molecule has 0 saturated carbocycles. The summed E-state index contributed by atoms with van der Waals surface area (Å²) in [5.41, 5.74) is 2.17. The molecule has 4 rings (SSSR count). The minimum absolute atomic E-state index is 0.0973. The van der Waals surface area contributed by atoms with Crippen molar-refractivity contribution in [1.82, 2.24) is 0 Å². The van der Waals surface area contributed by atoms with E-state index in [2.05, 4.69) is 5.32 Å². The van der Waals surface area contributed by atoms with Crippen molar-refractivity contribution < 1.29 is 14.3 Å². The van der Waals surface area contributed by atoms with E-state index in [9.17, 15) is 9.59 Å². The van der Waals surface area contributed by atoms with Crippen LogP contribution < -0.4 is 15.0 Å². The second-order valence-electron chi connectivity index (χ2n) is 7.54. The topological polar surface area (TPSA) is 58.6 Å². The summed E-state index contributed by atoms with van der Waals surface area (Å²) in [4.78, 5) is 27.8. The van der Waals surface area contributed by atoms with Crippen LogP contribution in [0.5, 0.6) is 5.75 Å². The van der Waals surface area contributed by atoms with Crippen LogP contribution in [0.15, 0.2) is 84.9 Å². The Morgan fingerprint density at radius 2 is 1.68 bits per heavy atom. The Hall–Kier alpha value is -3.86. The Morgan fingerprint density at radius 3 is 2.32 bits per heavy atom. The zero-order chi connectivity index (χ0) is 21.8.